The van der Waals surface area contributed by atoms with Crippen molar-refractivity contribution in [2.45, 2.75) is 43.0 Å². The standard InChI is InChI=1S/C19H24ClNS/c1-4-13(6-7-14(20)5-2)16-10-11-19(21-3)18-12-15(22)8-9-17(16)18/h4,6-9,12,16,19,21-22H,1,5,10-11H2,2-3H3/b13-6+,14-7+. The Hall–Kier alpha value is -0.960. The topological polar surface area (TPSA) is 12.0 Å². The average Bonchev–Trinajstić information content (AvgIpc) is 2.54. The van der Waals surface area contributed by atoms with Gasteiger partial charge in [-0.05, 0) is 61.2 Å². The first-order chi connectivity index (χ1) is 10.6. The lowest BCUT2D eigenvalue weighted by Gasteiger charge is -2.32. The number of thiol groups is 1. The first-order valence-corrected chi connectivity index (χ1v) is 8.62. The van der Waals surface area contributed by atoms with Crippen molar-refractivity contribution < 1.29 is 0 Å². The minimum absolute atomic E-state index is 0.378. The van der Waals surface area contributed by atoms with Gasteiger partial charge in [-0.2, -0.15) is 0 Å². The highest BCUT2D eigenvalue weighted by atomic mass is 35.5. The molecule has 1 nitrogen and oxygen atoms in total. The van der Waals surface area contributed by atoms with Crippen molar-refractivity contribution in [2.75, 3.05) is 7.05 Å². The Balaban J connectivity index is 2.42. The molecule has 0 fully saturated rings. The van der Waals surface area contributed by atoms with Crippen LogP contribution in [0.2, 0.25) is 0 Å². The minimum Gasteiger partial charge on any atom is -0.313 e. The van der Waals surface area contributed by atoms with E-state index in [1.807, 2.05) is 19.2 Å². The van der Waals surface area contributed by atoms with E-state index in [9.17, 15) is 0 Å². The first kappa shape index (κ1) is 17.4. The quantitative estimate of drug-likeness (QED) is 0.515. The summed E-state index contributed by atoms with van der Waals surface area (Å²) in [5.74, 6) is 0.378. The molecule has 3 heteroatoms. The summed E-state index contributed by atoms with van der Waals surface area (Å²) in [6.07, 6.45) is 9.15. The van der Waals surface area contributed by atoms with Gasteiger partial charge in [0.15, 0.2) is 0 Å². The molecule has 2 unspecified atom stereocenters. The van der Waals surface area contributed by atoms with Crippen LogP contribution in [0.3, 0.4) is 0 Å². The predicted octanol–water partition coefficient (Wildman–Crippen LogP) is 5.76. The van der Waals surface area contributed by atoms with E-state index < -0.39 is 0 Å². The van der Waals surface area contributed by atoms with Crippen molar-refractivity contribution in [3.8, 4) is 0 Å². The van der Waals surface area contributed by atoms with Gasteiger partial charge in [-0.1, -0.05) is 43.3 Å². The van der Waals surface area contributed by atoms with E-state index >= 15 is 0 Å². The van der Waals surface area contributed by atoms with Crippen LogP contribution in [0.15, 0.2) is 58.5 Å². The lowest BCUT2D eigenvalue weighted by atomic mass is 9.76. The van der Waals surface area contributed by atoms with Crippen molar-refractivity contribution in [3.63, 3.8) is 0 Å². The van der Waals surface area contributed by atoms with Crippen LogP contribution in [0.25, 0.3) is 0 Å². The fourth-order valence-electron chi connectivity index (χ4n) is 3.10. The van der Waals surface area contributed by atoms with E-state index in [-0.39, 0.29) is 0 Å². The summed E-state index contributed by atoms with van der Waals surface area (Å²) in [4.78, 5) is 1.01. The summed E-state index contributed by atoms with van der Waals surface area (Å²) in [7, 11) is 2.02. The second-order valence-corrected chi connectivity index (χ2v) is 6.62. The van der Waals surface area contributed by atoms with Crippen molar-refractivity contribution in [2.24, 2.45) is 0 Å². The van der Waals surface area contributed by atoms with Gasteiger partial charge < -0.3 is 5.32 Å². The van der Waals surface area contributed by atoms with Crippen LogP contribution in [-0.4, -0.2) is 7.05 Å². The smallest absolute Gasteiger partial charge is 0.0321 e. The molecular weight excluding hydrogens is 310 g/mol. The number of nitrogens with one attached hydrogen (secondary N) is 1. The number of hydrogen-bond acceptors (Lipinski definition) is 2. The number of allylic oxidation sites excluding steroid dienone is 5. The zero-order chi connectivity index (χ0) is 16.1. The molecule has 1 N–H and O–H groups in total. The Morgan fingerprint density at radius 2 is 2.14 bits per heavy atom. The van der Waals surface area contributed by atoms with Gasteiger partial charge in [0.25, 0.3) is 0 Å². The van der Waals surface area contributed by atoms with Crippen LogP contribution in [-0.2, 0) is 0 Å². The highest BCUT2D eigenvalue weighted by Crippen LogP contribution is 2.42. The van der Waals surface area contributed by atoms with Crippen LogP contribution in [0.4, 0.5) is 0 Å². The monoisotopic (exact) mass is 333 g/mol. The van der Waals surface area contributed by atoms with Gasteiger partial charge in [0.2, 0.25) is 0 Å². The van der Waals surface area contributed by atoms with Gasteiger partial charge in [0.1, 0.15) is 0 Å². The highest BCUT2D eigenvalue weighted by molar-refractivity contribution is 7.80. The van der Waals surface area contributed by atoms with E-state index in [4.69, 9.17) is 11.6 Å². The largest absolute Gasteiger partial charge is 0.313 e. The minimum atomic E-state index is 0.378. The maximum atomic E-state index is 6.13. The lowest BCUT2D eigenvalue weighted by molar-refractivity contribution is 0.469. The molecule has 0 bridgehead atoms. The zero-order valence-corrected chi connectivity index (χ0v) is 14.9. The third-order valence-electron chi connectivity index (χ3n) is 4.35. The van der Waals surface area contributed by atoms with Gasteiger partial charge in [-0.3, -0.25) is 0 Å². The molecule has 0 amide bonds. The fraction of sp³-hybridized carbons (Fsp3) is 0.368. The number of halogens is 1. The average molecular weight is 334 g/mol. The lowest BCUT2D eigenvalue weighted by Crippen LogP contribution is -2.24. The molecule has 1 aromatic carbocycles. The van der Waals surface area contributed by atoms with Gasteiger partial charge in [-0.15, -0.1) is 12.6 Å². The van der Waals surface area contributed by atoms with Crippen LogP contribution in [0.1, 0.15) is 49.3 Å². The summed E-state index contributed by atoms with van der Waals surface area (Å²) in [6.45, 7) is 6.06. The van der Waals surface area contributed by atoms with Gasteiger partial charge in [0.05, 0.1) is 0 Å². The van der Waals surface area contributed by atoms with Gasteiger partial charge in [-0.25, -0.2) is 0 Å². The van der Waals surface area contributed by atoms with Crippen LogP contribution in [0.5, 0.6) is 0 Å². The number of fused-ring (bicyclic) bond motifs is 1. The molecule has 0 aromatic heterocycles. The Bertz CT molecular complexity index is 603. The number of benzene rings is 1. The molecule has 22 heavy (non-hydrogen) atoms. The molecule has 0 radical (unpaired) electrons. The van der Waals surface area contributed by atoms with Crippen molar-refractivity contribution in [3.05, 3.63) is 64.7 Å². The molecule has 1 aliphatic carbocycles. The van der Waals surface area contributed by atoms with Crippen molar-refractivity contribution in [1.29, 1.82) is 0 Å². The fourth-order valence-corrected chi connectivity index (χ4v) is 3.38. The third kappa shape index (κ3) is 3.87. The van der Waals surface area contributed by atoms with Gasteiger partial charge in [0, 0.05) is 21.9 Å². The van der Waals surface area contributed by atoms with Crippen LogP contribution in [0, 0.1) is 0 Å². The van der Waals surface area contributed by atoms with Crippen molar-refractivity contribution in [1.82, 2.24) is 5.32 Å². The van der Waals surface area contributed by atoms with Crippen LogP contribution >= 0.6 is 24.2 Å². The molecule has 118 valence electrons. The summed E-state index contributed by atoms with van der Waals surface area (Å²) < 4.78 is 0. The van der Waals surface area contributed by atoms with Crippen LogP contribution < -0.4 is 5.32 Å². The summed E-state index contributed by atoms with van der Waals surface area (Å²) >= 11 is 10.6. The molecule has 0 saturated carbocycles. The predicted molar refractivity (Wildman–Crippen MR) is 100.0 cm³/mol. The second-order valence-electron chi connectivity index (χ2n) is 5.62. The maximum Gasteiger partial charge on any atom is 0.0321 e. The summed E-state index contributed by atoms with van der Waals surface area (Å²) in [5.41, 5.74) is 3.95. The summed E-state index contributed by atoms with van der Waals surface area (Å²) in [6, 6.07) is 6.86. The Morgan fingerprint density at radius 3 is 2.77 bits per heavy atom. The zero-order valence-electron chi connectivity index (χ0n) is 13.3. The van der Waals surface area contributed by atoms with E-state index in [1.165, 1.54) is 16.7 Å². The molecule has 0 saturated heterocycles. The molecule has 0 aliphatic heterocycles. The van der Waals surface area contributed by atoms with E-state index in [2.05, 4.69) is 55.7 Å². The molecule has 1 aliphatic rings. The Labute approximate surface area is 144 Å². The summed E-state index contributed by atoms with van der Waals surface area (Å²) in [5, 5.41) is 4.28. The first-order valence-electron chi connectivity index (χ1n) is 7.79. The Morgan fingerprint density at radius 1 is 1.36 bits per heavy atom. The van der Waals surface area contributed by atoms with E-state index in [0.717, 1.165) is 29.2 Å². The molecule has 0 heterocycles. The number of rotatable bonds is 5. The van der Waals surface area contributed by atoms with E-state index in [1.54, 1.807) is 0 Å². The molecule has 2 rings (SSSR count). The second kappa shape index (κ2) is 8.05. The van der Waals surface area contributed by atoms with E-state index in [0.29, 0.717) is 12.0 Å². The molecule has 0 spiro atoms. The highest BCUT2D eigenvalue weighted by Gasteiger charge is 2.27. The maximum absolute atomic E-state index is 6.13. The molecular formula is C19H24ClNS. The Kier molecular flexibility index (Phi) is 6.37. The number of hydrogen-bond donors (Lipinski definition) is 2. The molecule has 2 atom stereocenters. The SMILES string of the molecule is C=C/C(=C\C=C(\Cl)CC)C1CCC(NC)c2cc(S)ccc21. The normalized spacial score (nSPS) is 22.4. The van der Waals surface area contributed by atoms with Gasteiger partial charge >= 0.3 is 0 Å². The third-order valence-corrected chi connectivity index (χ3v) is 5.02. The molecule has 1 aromatic rings. The van der Waals surface area contributed by atoms with Crippen molar-refractivity contribution >= 4 is 24.2 Å².